The molecule has 5 aromatic rings. The molecule has 0 fully saturated rings. The van der Waals surface area contributed by atoms with Gasteiger partial charge in [-0.2, -0.15) is 5.10 Å². The number of benzene rings is 4. The summed E-state index contributed by atoms with van der Waals surface area (Å²) in [5.74, 6) is 2.07. The fourth-order valence-electron chi connectivity index (χ4n) is 4.22. The molecule has 0 aliphatic heterocycles. The highest BCUT2D eigenvalue weighted by Gasteiger charge is 2.20. The number of para-hydroxylation sites is 2. The van der Waals surface area contributed by atoms with Crippen LogP contribution in [0.3, 0.4) is 0 Å². The van der Waals surface area contributed by atoms with E-state index in [9.17, 15) is 0 Å². The first-order valence-corrected chi connectivity index (χ1v) is 12.4. The molecule has 0 N–H and O–H groups in total. The minimum absolute atomic E-state index is 0.635. The van der Waals surface area contributed by atoms with E-state index in [0.717, 1.165) is 43.6 Å². The molecule has 1 heterocycles. The largest absolute Gasteiger partial charge is 0.493 e. The number of halogens is 1. The van der Waals surface area contributed by atoms with E-state index in [0.29, 0.717) is 11.5 Å². The zero-order valence-electron chi connectivity index (χ0n) is 20.4. The van der Waals surface area contributed by atoms with Gasteiger partial charge in [-0.25, -0.2) is 0 Å². The minimum Gasteiger partial charge on any atom is -0.493 e. The van der Waals surface area contributed by atoms with E-state index in [-0.39, 0.29) is 0 Å². The number of anilines is 1. The molecule has 6 heteroatoms. The van der Waals surface area contributed by atoms with Gasteiger partial charge in [0.1, 0.15) is 0 Å². The molecule has 0 atom stereocenters. The van der Waals surface area contributed by atoms with Crippen LogP contribution in [0.15, 0.2) is 107 Å². The molecule has 0 unspecified atom stereocenters. The molecule has 0 amide bonds. The molecule has 5 nitrogen and oxygen atoms in total. The lowest BCUT2D eigenvalue weighted by Gasteiger charge is -2.14. The lowest BCUT2D eigenvalue weighted by atomic mass is 10.1. The molecule has 4 aromatic carbocycles. The fraction of sp³-hybridized carbons (Fsp3) is 0.100. The highest BCUT2D eigenvalue weighted by atomic mass is 79.9. The Morgan fingerprint density at radius 1 is 0.861 bits per heavy atom. The Morgan fingerprint density at radius 3 is 2.33 bits per heavy atom. The van der Waals surface area contributed by atoms with Crippen molar-refractivity contribution >= 4 is 38.7 Å². The monoisotopic (exact) mass is 539 g/mol. The number of nitrogens with zero attached hydrogens (tertiary/aromatic N) is 3. The Kier molecular flexibility index (Phi) is 6.78. The van der Waals surface area contributed by atoms with Crippen LogP contribution >= 0.6 is 15.9 Å². The van der Waals surface area contributed by atoms with Gasteiger partial charge in [-0.05, 0) is 60.2 Å². The zero-order chi connectivity index (χ0) is 25.1. The van der Waals surface area contributed by atoms with Gasteiger partial charge in [-0.1, -0.05) is 58.4 Å². The molecule has 5 rings (SSSR count). The minimum atomic E-state index is 0.635. The van der Waals surface area contributed by atoms with Crippen LogP contribution in [0.2, 0.25) is 0 Å². The number of aryl methyl sites for hydroxylation is 1. The van der Waals surface area contributed by atoms with Gasteiger partial charge in [0, 0.05) is 29.5 Å². The average molecular weight is 540 g/mol. The Labute approximate surface area is 219 Å². The van der Waals surface area contributed by atoms with Crippen LogP contribution < -0.4 is 14.5 Å². The van der Waals surface area contributed by atoms with Crippen molar-refractivity contribution in [2.24, 2.45) is 12.1 Å². The van der Waals surface area contributed by atoms with Gasteiger partial charge >= 0.3 is 0 Å². The van der Waals surface area contributed by atoms with E-state index >= 15 is 0 Å². The summed E-state index contributed by atoms with van der Waals surface area (Å²) >= 11 is 3.54. The molecule has 0 aliphatic carbocycles. The van der Waals surface area contributed by atoms with E-state index in [1.807, 2.05) is 91.1 Å². The Balaban J connectivity index is 1.51. The molecule has 36 heavy (non-hydrogen) atoms. The number of hydrogen-bond acceptors (Lipinski definition) is 4. The maximum atomic E-state index is 6.59. The Bertz CT molecular complexity index is 1530. The number of ether oxygens (including phenoxy) is 2. The maximum Gasteiger partial charge on any atom is 0.169 e. The van der Waals surface area contributed by atoms with Crippen LogP contribution in [-0.4, -0.2) is 24.9 Å². The van der Waals surface area contributed by atoms with Crippen molar-refractivity contribution in [1.29, 1.82) is 0 Å². The van der Waals surface area contributed by atoms with Gasteiger partial charge in [-0.3, -0.25) is 5.01 Å². The maximum absolute atomic E-state index is 6.59. The highest BCUT2D eigenvalue weighted by molar-refractivity contribution is 9.10. The molecular formula is C30H26BrN3O2. The normalized spacial score (nSPS) is 11.2. The second-order valence-electron chi connectivity index (χ2n) is 8.38. The van der Waals surface area contributed by atoms with E-state index in [1.54, 1.807) is 7.11 Å². The first-order valence-electron chi connectivity index (χ1n) is 11.6. The summed E-state index contributed by atoms with van der Waals surface area (Å²) in [6, 6.07) is 32.4. The van der Waals surface area contributed by atoms with Crippen LogP contribution in [-0.2, 0) is 7.05 Å². The Morgan fingerprint density at radius 2 is 1.58 bits per heavy atom. The third-order valence-corrected chi connectivity index (χ3v) is 6.62. The predicted molar refractivity (Wildman–Crippen MR) is 152 cm³/mol. The summed E-state index contributed by atoms with van der Waals surface area (Å²) < 4.78 is 15.5. The molecule has 1 aromatic heterocycles. The number of hydrazone groups is 1. The van der Waals surface area contributed by atoms with E-state index in [2.05, 4.69) is 56.9 Å². The molecular weight excluding hydrogens is 514 g/mol. The van der Waals surface area contributed by atoms with Gasteiger partial charge in [0.2, 0.25) is 0 Å². The third-order valence-electron chi connectivity index (χ3n) is 6.09. The number of hydrogen-bond donors (Lipinski definition) is 0. The van der Waals surface area contributed by atoms with Crippen LogP contribution in [0.5, 0.6) is 17.2 Å². The number of fused-ring (bicyclic) bond motifs is 1. The topological polar surface area (TPSA) is 39.0 Å². The SMILES string of the molecule is COc1cc(/C=N/N(C)c2ccccc2)ccc1Oc1c(-c2ccc(Br)cc2)n(C)c2ccccc12. The standard InChI is InChI=1S/C30H26BrN3O2/c1-33-26-12-8-7-11-25(26)30(29(33)22-14-16-23(31)17-15-22)36-27-18-13-21(19-28(27)35-3)20-32-34(2)24-9-5-4-6-10-24/h4-20H,1-3H3/b32-20+. The zero-order valence-corrected chi connectivity index (χ0v) is 21.9. The molecule has 0 saturated carbocycles. The van der Waals surface area contributed by atoms with E-state index in [4.69, 9.17) is 9.47 Å². The van der Waals surface area contributed by atoms with Crippen molar-refractivity contribution in [1.82, 2.24) is 4.57 Å². The van der Waals surface area contributed by atoms with Crippen molar-refractivity contribution in [3.63, 3.8) is 0 Å². The van der Waals surface area contributed by atoms with Crippen molar-refractivity contribution in [2.45, 2.75) is 0 Å². The van der Waals surface area contributed by atoms with Gasteiger partial charge in [0.25, 0.3) is 0 Å². The fourth-order valence-corrected chi connectivity index (χ4v) is 4.48. The second kappa shape index (κ2) is 10.3. The van der Waals surface area contributed by atoms with Gasteiger partial charge < -0.3 is 14.0 Å². The number of methoxy groups -OCH3 is 1. The van der Waals surface area contributed by atoms with Crippen LogP contribution in [0.4, 0.5) is 5.69 Å². The van der Waals surface area contributed by atoms with E-state index in [1.165, 1.54) is 0 Å². The summed E-state index contributed by atoms with van der Waals surface area (Å²) in [6.07, 6.45) is 1.81. The third kappa shape index (κ3) is 4.72. The quantitative estimate of drug-likeness (QED) is 0.156. The van der Waals surface area contributed by atoms with Gasteiger partial charge in [0.05, 0.1) is 30.2 Å². The molecule has 0 saturated heterocycles. The summed E-state index contributed by atoms with van der Waals surface area (Å²) in [6.45, 7) is 0. The number of rotatable bonds is 7. The van der Waals surface area contributed by atoms with Crippen molar-refractivity contribution in [3.8, 4) is 28.5 Å². The summed E-state index contributed by atoms with van der Waals surface area (Å²) in [4.78, 5) is 0. The van der Waals surface area contributed by atoms with Crippen LogP contribution in [0.25, 0.3) is 22.2 Å². The summed E-state index contributed by atoms with van der Waals surface area (Å²) in [5, 5.41) is 7.43. The molecule has 0 radical (unpaired) electrons. The first-order chi connectivity index (χ1) is 17.5. The molecule has 0 bridgehead atoms. The average Bonchev–Trinajstić information content (AvgIpc) is 3.20. The molecule has 0 aliphatic rings. The van der Waals surface area contributed by atoms with Crippen molar-refractivity contribution < 1.29 is 9.47 Å². The predicted octanol–water partition coefficient (Wildman–Crippen LogP) is 7.88. The second-order valence-corrected chi connectivity index (χ2v) is 9.29. The lowest BCUT2D eigenvalue weighted by molar-refractivity contribution is 0.380. The van der Waals surface area contributed by atoms with E-state index < -0.39 is 0 Å². The van der Waals surface area contributed by atoms with Gasteiger partial charge in [-0.15, -0.1) is 0 Å². The smallest absolute Gasteiger partial charge is 0.169 e. The number of aromatic nitrogens is 1. The van der Waals surface area contributed by atoms with Crippen molar-refractivity contribution in [3.05, 3.63) is 107 Å². The lowest BCUT2D eigenvalue weighted by Crippen LogP contribution is -2.08. The van der Waals surface area contributed by atoms with Crippen LogP contribution in [0, 0.1) is 0 Å². The summed E-state index contributed by atoms with van der Waals surface area (Å²) in [7, 11) is 5.63. The molecule has 180 valence electrons. The Hall–Kier alpha value is -4.03. The highest BCUT2D eigenvalue weighted by Crippen LogP contribution is 2.44. The van der Waals surface area contributed by atoms with Crippen molar-refractivity contribution in [2.75, 3.05) is 19.2 Å². The first kappa shape index (κ1) is 23.7. The van der Waals surface area contributed by atoms with Crippen LogP contribution in [0.1, 0.15) is 5.56 Å². The van der Waals surface area contributed by atoms with Gasteiger partial charge in [0.15, 0.2) is 17.2 Å². The summed E-state index contributed by atoms with van der Waals surface area (Å²) in [5.41, 5.74) is 5.08. The molecule has 0 spiro atoms.